The van der Waals surface area contributed by atoms with Gasteiger partial charge in [-0.1, -0.05) is 27.7 Å². The van der Waals surface area contributed by atoms with Gasteiger partial charge in [0.25, 0.3) is 0 Å². The summed E-state index contributed by atoms with van der Waals surface area (Å²) in [4.78, 5) is 2.53. The lowest BCUT2D eigenvalue weighted by Gasteiger charge is -2.24. The zero-order valence-corrected chi connectivity index (χ0v) is 9.85. The predicted octanol–water partition coefficient (Wildman–Crippen LogP) is 3.54. The second-order valence-electron chi connectivity index (χ2n) is 3.13. The lowest BCUT2D eigenvalue weighted by Crippen LogP contribution is -2.32. The van der Waals surface area contributed by atoms with Crippen LogP contribution in [0.1, 0.15) is 54.4 Å². The summed E-state index contributed by atoms with van der Waals surface area (Å²) in [5, 5.41) is 0. The number of rotatable bonds is 5. The van der Waals surface area contributed by atoms with E-state index in [9.17, 15) is 0 Å². The van der Waals surface area contributed by atoms with Crippen molar-refractivity contribution in [3.8, 4) is 0 Å². The molecular formula is C11H27N. The van der Waals surface area contributed by atoms with Crippen LogP contribution in [0.5, 0.6) is 0 Å². The molecule has 0 saturated heterocycles. The molecule has 0 aliphatic carbocycles. The highest BCUT2D eigenvalue weighted by molar-refractivity contribution is 4.60. The minimum absolute atomic E-state index is 0.722. The first-order valence-electron chi connectivity index (χ1n) is 5.46. The molecule has 0 unspecified atom stereocenters. The van der Waals surface area contributed by atoms with E-state index in [1.54, 1.807) is 0 Å². The summed E-state index contributed by atoms with van der Waals surface area (Å²) >= 11 is 0. The van der Waals surface area contributed by atoms with Crippen molar-refractivity contribution in [3.63, 3.8) is 0 Å². The highest BCUT2D eigenvalue weighted by atomic mass is 15.1. The first-order chi connectivity index (χ1) is 5.72. The fourth-order valence-electron chi connectivity index (χ4n) is 1.20. The van der Waals surface area contributed by atoms with Crippen LogP contribution in [0.15, 0.2) is 0 Å². The van der Waals surface area contributed by atoms with Gasteiger partial charge < -0.3 is 4.90 Å². The highest BCUT2D eigenvalue weighted by Crippen LogP contribution is 1.99. The number of hydrogen-bond acceptors (Lipinski definition) is 1. The van der Waals surface area contributed by atoms with E-state index < -0.39 is 0 Å². The maximum Gasteiger partial charge on any atom is 0.00385 e. The van der Waals surface area contributed by atoms with Crippen molar-refractivity contribution in [2.75, 3.05) is 13.1 Å². The van der Waals surface area contributed by atoms with E-state index in [1.807, 2.05) is 13.8 Å². The first-order valence-corrected chi connectivity index (χ1v) is 5.46. The minimum atomic E-state index is 0.722. The van der Waals surface area contributed by atoms with E-state index in [4.69, 9.17) is 0 Å². The quantitative estimate of drug-likeness (QED) is 0.614. The Morgan fingerprint density at radius 1 is 0.917 bits per heavy atom. The van der Waals surface area contributed by atoms with Crippen molar-refractivity contribution in [2.24, 2.45) is 0 Å². The molecule has 0 saturated carbocycles. The molecule has 0 atom stereocenters. The topological polar surface area (TPSA) is 3.24 Å². The maximum atomic E-state index is 2.53. The number of hydrogen-bond donors (Lipinski definition) is 0. The largest absolute Gasteiger partial charge is 0.301 e. The molecule has 0 N–H and O–H groups in total. The summed E-state index contributed by atoms with van der Waals surface area (Å²) in [5.41, 5.74) is 0. The second kappa shape index (κ2) is 11.0. The standard InChI is InChI=1S/C9H21N.C2H6/c1-5-7-10(8-6-2)9(3)4;1-2/h9H,5-8H2,1-4H3;1-2H3. The lowest BCUT2D eigenvalue weighted by molar-refractivity contribution is 0.222. The summed E-state index contributed by atoms with van der Waals surface area (Å²) in [7, 11) is 0. The smallest absolute Gasteiger partial charge is 0.00385 e. The second-order valence-corrected chi connectivity index (χ2v) is 3.13. The Hall–Kier alpha value is -0.0400. The van der Waals surface area contributed by atoms with Crippen LogP contribution in [0.25, 0.3) is 0 Å². The molecule has 0 bridgehead atoms. The van der Waals surface area contributed by atoms with E-state index >= 15 is 0 Å². The van der Waals surface area contributed by atoms with Crippen molar-refractivity contribution in [1.82, 2.24) is 4.90 Å². The van der Waals surface area contributed by atoms with E-state index in [-0.39, 0.29) is 0 Å². The molecular weight excluding hydrogens is 146 g/mol. The van der Waals surface area contributed by atoms with Crippen molar-refractivity contribution in [1.29, 1.82) is 0 Å². The molecule has 0 aliphatic heterocycles. The third-order valence-corrected chi connectivity index (χ3v) is 1.75. The van der Waals surface area contributed by atoms with Gasteiger partial charge in [0.1, 0.15) is 0 Å². The average molecular weight is 173 g/mol. The number of nitrogens with zero attached hydrogens (tertiary/aromatic N) is 1. The molecule has 0 rings (SSSR count). The zero-order valence-electron chi connectivity index (χ0n) is 9.85. The molecule has 0 heterocycles. The van der Waals surface area contributed by atoms with Gasteiger partial charge in [-0.15, -0.1) is 0 Å². The van der Waals surface area contributed by atoms with Crippen LogP contribution in [-0.2, 0) is 0 Å². The van der Waals surface area contributed by atoms with E-state index in [2.05, 4.69) is 32.6 Å². The summed E-state index contributed by atoms with van der Waals surface area (Å²) in [6, 6.07) is 0.722. The monoisotopic (exact) mass is 173 g/mol. The molecule has 0 amide bonds. The molecule has 0 fully saturated rings. The van der Waals surface area contributed by atoms with Crippen molar-refractivity contribution < 1.29 is 0 Å². The van der Waals surface area contributed by atoms with Gasteiger partial charge in [-0.2, -0.15) is 0 Å². The summed E-state index contributed by atoms with van der Waals surface area (Å²) in [5.74, 6) is 0. The van der Waals surface area contributed by atoms with E-state index in [0.29, 0.717) is 0 Å². The van der Waals surface area contributed by atoms with E-state index in [0.717, 1.165) is 6.04 Å². The molecule has 0 aromatic rings. The Balaban J connectivity index is 0. The van der Waals surface area contributed by atoms with Gasteiger partial charge in [0.05, 0.1) is 0 Å². The molecule has 12 heavy (non-hydrogen) atoms. The fraction of sp³-hybridized carbons (Fsp3) is 1.00. The Morgan fingerprint density at radius 3 is 1.42 bits per heavy atom. The van der Waals surface area contributed by atoms with Crippen molar-refractivity contribution >= 4 is 0 Å². The molecule has 76 valence electrons. The summed E-state index contributed by atoms with van der Waals surface area (Å²) < 4.78 is 0. The molecule has 0 aromatic heterocycles. The maximum absolute atomic E-state index is 2.53. The predicted molar refractivity (Wildman–Crippen MR) is 58.6 cm³/mol. The lowest BCUT2D eigenvalue weighted by atomic mass is 10.3. The summed E-state index contributed by atoms with van der Waals surface area (Å²) in [6.45, 7) is 15.5. The van der Waals surface area contributed by atoms with Gasteiger partial charge >= 0.3 is 0 Å². The highest BCUT2D eigenvalue weighted by Gasteiger charge is 2.04. The molecule has 0 aromatic carbocycles. The Labute approximate surface area is 79.2 Å². The van der Waals surface area contributed by atoms with Crippen LogP contribution in [0.4, 0.5) is 0 Å². The Morgan fingerprint density at radius 2 is 1.25 bits per heavy atom. The third kappa shape index (κ3) is 8.06. The van der Waals surface area contributed by atoms with Gasteiger partial charge in [-0.3, -0.25) is 0 Å². The van der Waals surface area contributed by atoms with Gasteiger partial charge in [0.15, 0.2) is 0 Å². The van der Waals surface area contributed by atoms with Crippen LogP contribution in [0, 0.1) is 0 Å². The Bertz CT molecular complexity index is 63.4. The first kappa shape index (κ1) is 14.5. The SMILES string of the molecule is CC.CCCN(CCC)C(C)C. The van der Waals surface area contributed by atoms with Crippen LogP contribution >= 0.6 is 0 Å². The molecule has 0 radical (unpaired) electrons. The fourth-order valence-corrected chi connectivity index (χ4v) is 1.20. The van der Waals surface area contributed by atoms with Gasteiger partial charge in [0, 0.05) is 6.04 Å². The Kier molecular flexibility index (Phi) is 13.2. The van der Waals surface area contributed by atoms with Gasteiger partial charge in [-0.05, 0) is 39.8 Å². The third-order valence-electron chi connectivity index (χ3n) is 1.75. The molecule has 0 aliphatic rings. The van der Waals surface area contributed by atoms with Crippen LogP contribution in [0.2, 0.25) is 0 Å². The average Bonchev–Trinajstić information content (AvgIpc) is 2.08. The van der Waals surface area contributed by atoms with Gasteiger partial charge in [0.2, 0.25) is 0 Å². The normalized spacial score (nSPS) is 10.0. The van der Waals surface area contributed by atoms with Crippen molar-refractivity contribution in [3.05, 3.63) is 0 Å². The minimum Gasteiger partial charge on any atom is -0.301 e. The molecule has 0 spiro atoms. The van der Waals surface area contributed by atoms with E-state index in [1.165, 1.54) is 25.9 Å². The van der Waals surface area contributed by atoms with Crippen LogP contribution < -0.4 is 0 Å². The molecule has 1 nitrogen and oxygen atoms in total. The summed E-state index contributed by atoms with van der Waals surface area (Å²) in [6.07, 6.45) is 2.55. The van der Waals surface area contributed by atoms with Gasteiger partial charge in [-0.25, -0.2) is 0 Å². The van der Waals surface area contributed by atoms with Crippen molar-refractivity contribution in [2.45, 2.75) is 60.4 Å². The molecule has 1 heteroatoms. The van der Waals surface area contributed by atoms with Crippen LogP contribution in [0.3, 0.4) is 0 Å². The zero-order chi connectivity index (χ0) is 9.98. The van der Waals surface area contributed by atoms with Crippen LogP contribution in [-0.4, -0.2) is 24.0 Å².